The molecule has 0 rings (SSSR count). The van der Waals surface area contributed by atoms with Crippen LogP contribution in [0.2, 0.25) is 0 Å². The van der Waals surface area contributed by atoms with Crippen molar-refractivity contribution in [3.63, 3.8) is 0 Å². The molecule has 80 heavy (non-hydrogen) atoms. The van der Waals surface area contributed by atoms with E-state index < -0.39 is 6.10 Å². The summed E-state index contributed by atoms with van der Waals surface area (Å²) in [6, 6.07) is 0. The minimum absolute atomic E-state index is 0.0911. The van der Waals surface area contributed by atoms with Crippen LogP contribution in [-0.2, 0) is 28.6 Å². The largest absolute Gasteiger partial charge is 0.462 e. The van der Waals surface area contributed by atoms with Gasteiger partial charge in [-0.3, -0.25) is 14.4 Å². The van der Waals surface area contributed by atoms with Crippen LogP contribution in [0.5, 0.6) is 0 Å². The molecule has 0 aromatic heterocycles. The molecule has 0 aromatic carbocycles. The lowest BCUT2D eigenvalue weighted by atomic mass is 10.0. The van der Waals surface area contributed by atoms with E-state index in [-0.39, 0.29) is 31.1 Å². The molecule has 0 aromatic rings. The van der Waals surface area contributed by atoms with Gasteiger partial charge in [-0.1, -0.05) is 284 Å². The Balaban J connectivity index is 4.37. The predicted octanol–water partition coefficient (Wildman–Crippen LogP) is 23.2. The second-order valence-corrected chi connectivity index (χ2v) is 22.0. The molecule has 0 N–H and O–H groups in total. The van der Waals surface area contributed by atoms with E-state index in [9.17, 15) is 14.4 Å². The van der Waals surface area contributed by atoms with Gasteiger partial charge in [-0.25, -0.2) is 0 Å². The van der Waals surface area contributed by atoms with Crippen molar-refractivity contribution in [2.24, 2.45) is 0 Å². The number of rotatable bonds is 60. The summed E-state index contributed by atoms with van der Waals surface area (Å²) in [5.74, 6) is -0.914. The van der Waals surface area contributed by atoms with Gasteiger partial charge in [-0.2, -0.15) is 0 Å². The van der Waals surface area contributed by atoms with Gasteiger partial charge in [0.1, 0.15) is 13.2 Å². The maximum absolute atomic E-state index is 12.9. The van der Waals surface area contributed by atoms with Gasteiger partial charge < -0.3 is 14.2 Å². The van der Waals surface area contributed by atoms with Crippen molar-refractivity contribution in [2.75, 3.05) is 13.2 Å². The molecular weight excluding hydrogens is 985 g/mol. The highest BCUT2D eigenvalue weighted by molar-refractivity contribution is 5.71. The van der Waals surface area contributed by atoms with Gasteiger partial charge in [0.2, 0.25) is 0 Å². The molecule has 0 radical (unpaired) electrons. The number of hydrogen-bond donors (Lipinski definition) is 0. The summed E-state index contributed by atoms with van der Waals surface area (Å²) in [5, 5.41) is 0. The maximum atomic E-state index is 12.9. The topological polar surface area (TPSA) is 78.9 Å². The molecule has 1 unspecified atom stereocenters. The number of unbranched alkanes of at least 4 members (excludes halogenated alkanes) is 29. The molecule has 0 spiro atoms. The first kappa shape index (κ1) is 75.8. The third-order valence-corrected chi connectivity index (χ3v) is 14.2. The van der Waals surface area contributed by atoms with Gasteiger partial charge in [0, 0.05) is 19.3 Å². The van der Waals surface area contributed by atoms with Crippen molar-refractivity contribution >= 4 is 17.9 Å². The Morgan fingerprint density at radius 1 is 0.263 bits per heavy atom. The monoisotopic (exact) mass is 1110 g/mol. The average molecular weight is 1110 g/mol. The highest BCUT2D eigenvalue weighted by atomic mass is 16.6. The molecule has 0 saturated heterocycles. The van der Waals surface area contributed by atoms with Gasteiger partial charge in [-0.05, 0) is 128 Å². The summed E-state index contributed by atoms with van der Waals surface area (Å²) in [5.41, 5.74) is 0. The zero-order valence-corrected chi connectivity index (χ0v) is 52.3. The number of allylic oxidation sites excluding steroid dienone is 20. The van der Waals surface area contributed by atoms with Gasteiger partial charge >= 0.3 is 17.9 Å². The minimum Gasteiger partial charge on any atom is -0.462 e. The second-order valence-electron chi connectivity index (χ2n) is 22.0. The average Bonchev–Trinajstić information content (AvgIpc) is 3.46. The predicted molar refractivity (Wildman–Crippen MR) is 348 cm³/mol. The lowest BCUT2D eigenvalue weighted by Crippen LogP contribution is -2.30. The van der Waals surface area contributed by atoms with E-state index in [0.717, 1.165) is 141 Å². The Morgan fingerprint density at radius 3 is 0.800 bits per heavy atom. The molecule has 6 nitrogen and oxygen atoms in total. The standard InChI is InChI=1S/C74H124O6/c1-4-7-10-13-16-19-22-25-28-30-32-34-35-36-37-38-39-41-42-44-46-49-52-55-58-61-64-67-73(76)79-70-71(69-78-72(75)66-63-60-57-54-51-48-27-24-21-18-15-12-9-6-3)80-74(77)68-65-62-59-56-53-50-47-45-43-40-33-31-29-26-23-20-17-14-11-8-5-2/h7,10,15-16,18-19,23-28,31-34,36-37,43,45,71H,4-6,8-9,11-14,17,20-22,29-30,35,38-42,44,46-70H2,1-3H3/b10-7-,18-15-,19-16-,26-23-,27-24-,28-25-,33-31-,34-32-,37-36-,45-43-. The highest BCUT2D eigenvalue weighted by Gasteiger charge is 2.19. The molecule has 0 aliphatic heterocycles. The fraction of sp³-hybridized carbons (Fsp3) is 0.689. The molecule has 0 fully saturated rings. The zero-order valence-electron chi connectivity index (χ0n) is 52.3. The molecule has 0 amide bonds. The Bertz CT molecular complexity index is 1650. The zero-order chi connectivity index (χ0) is 57.8. The third-order valence-electron chi connectivity index (χ3n) is 14.2. The highest BCUT2D eigenvalue weighted by Crippen LogP contribution is 2.16. The minimum atomic E-state index is -0.797. The van der Waals surface area contributed by atoms with Crippen molar-refractivity contribution in [3.05, 3.63) is 122 Å². The summed E-state index contributed by atoms with van der Waals surface area (Å²) in [6.45, 7) is 6.47. The van der Waals surface area contributed by atoms with E-state index in [0.29, 0.717) is 19.3 Å². The van der Waals surface area contributed by atoms with Crippen molar-refractivity contribution < 1.29 is 28.6 Å². The fourth-order valence-electron chi connectivity index (χ4n) is 9.14. The molecule has 0 heterocycles. The number of esters is 3. The summed E-state index contributed by atoms with van der Waals surface area (Å²) in [6.07, 6.45) is 93.5. The van der Waals surface area contributed by atoms with Gasteiger partial charge in [0.15, 0.2) is 6.10 Å². The van der Waals surface area contributed by atoms with Gasteiger partial charge in [-0.15, -0.1) is 0 Å². The molecule has 456 valence electrons. The lowest BCUT2D eigenvalue weighted by molar-refractivity contribution is -0.167. The first-order valence-corrected chi connectivity index (χ1v) is 33.5. The first-order valence-electron chi connectivity index (χ1n) is 33.5. The summed E-state index contributed by atoms with van der Waals surface area (Å²) in [7, 11) is 0. The number of hydrogen-bond acceptors (Lipinski definition) is 6. The normalized spacial score (nSPS) is 12.9. The fourth-order valence-corrected chi connectivity index (χ4v) is 9.14. The SMILES string of the molecule is CC/C=C\C/C=C\C/C=C\C/C=C\C/C=C\CCCCCCCCCCCCCC(=O)OCC(COC(=O)CCCCCCC/C=C\C/C=C\CCCC)OC(=O)CCCCCCCC/C=C\C/C=C\C/C=C\CCCCCCC. The van der Waals surface area contributed by atoms with E-state index >= 15 is 0 Å². The van der Waals surface area contributed by atoms with E-state index in [1.54, 1.807) is 0 Å². The molecule has 0 bridgehead atoms. The number of carbonyl (C=O) groups is 3. The third kappa shape index (κ3) is 64.6. The lowest BCUT2D eigenvalue weighted by Gasteiger charge is -2.18. The Kier molecular flexibility index (Phi) is 63.8. The van der Waals surface area contributed by atoms with Crippen molar-refractivity contribution in [1.82, 2.24) is 0 Å². The quantitative estimate of drug-likeness (QED) is 0.0261. The van der Waals surface area contributed by atoms with Gasteiger partial charge in [0.05, 0.1) is 0 Å². The Labute approximate surface area is 494 Å². The summed E-state index contributed by atoms with van der Waals surface area (Å²) < 4.78 is 16.9. The van der Waals surface area contributed by atoms with Crippen LogP contribution in [-0.4, -0.2) is 37.2 Å². The molecule has 1 atom stereocenters. The maximum Gasteiger partial charge on any atom is 0.306 e. The van der Waals surface area contributed by atoms with Crippen LogP contribution in [0.4, 0.5) is 0 Å². The Hall–Kier alpha value is -4.19. The smallest absolute Gasteiger partial charge is 0.306 e. The molecule has 0 aliphatic carbocycles. The van der Waals surface area contributed by atoms with E-state index in [1.165, 1.54) is 128 Å². The molecule has 6 heteroatoms. The van der Waals surface area contributed by atoms with Crippen LogP contribution in [0, 0.1) is 0 Å². The molecule has 0 aliphatic rings. The molecule has 0 saturated carbocycles. The van der Waals surface area contributed by atoms with E-state index in [1.807, 2.05) is 0 Å². The van der Waals surface area contributed by atoms with E-state index in [2.05, 4.69) is 142 Å². The van der Waals surface area contributed by atoms with Crippen LogP contribution in [0.1, 0.15) is 310 Å². The van der Waals surface area contributed by atoms with Gasteiger partial charge in [0.25, 0.3) is 0 Å². The number of ether oxygens (including phenoxy) is 3. The molecular formula is C74H124O6. The summed E-state index contributed by atoms with van der Waals surface area (Å²) >= 11 is 0. The second kappa shape index (κ2) is 67.3. The summed E-state index contributed by atoms with van der Waals surface area (Å²) in [4.78, 5) is 38.4. The van der Waals surface area contributed by atoms with Crippen molar-refractivity contribution in [2.45, 2.75) is 316 Å². The number of carbonyl (C=O) groups excluding carboxylic acids is 3. The van der Waals surface area contributed by atoms with Crippen molar-refractivity contribution in [1.29, 1.82) is 0 Å². The van der Waals surface area contributed by atoms with Crippen LogP contribution in [0.3, 0.4) is 0 Å². The van der Waals surface area contributed by atoms with Crippen LogP contribution >= 0.6 is 0 Å². The van der Waals surface area contributed by atoms with E-state index in [4.69, 9.17) is 14.2 Å². The van der Waals surface area contributed by atoms with Crippen LogP contribution in [0.25, 0.3) is 0 Å². The van der Waals surface area contributed by atoms with Crippen LogP contribution < -0.4 is 0 Å². The van der Waals surface area contributed by atoms with Crippen molar-refractivity contribution in [3.8, 4) is 0 Å². The first-order chi connectivity index (χ1) is 39.5. The van der Waals surface area contributed by atoms with Crippen LogP contribution in [0.15, 0.2) is 122 Å². The Morgan fingerprint density at radius 2 is 0.500 bits per heavy atom.